The molecule has 5 heteroatoms. The number of pyridine rings is 2. The summed E-state index contributed by atoms with van der Waals surface area (Å²) in [6, 6.07) is 8.97. The van der Waals surface area contributed by atoms with Crippen molar-refractivity contribution in [2.45, 2.75) is 32.4 Å². The maximum absolute atomic E-state index is 4.62. The quantitative estimate of drug-likeness (QED) is 0.759. The van der Waals surface area contributed by atoms with Gasteiger partial charge in [-0.15, -0.1) is 11.3 Å². The Balaban J connectivity index is 1.38. The molecule has 124 valence electrons. The molecule has 4 nitrogen and oxygen atoms in total. The van der Waals surface area contributed by atoms with Crippen LogP contribution < -0.4 is 10.2 Å². The summed E-state index contributed by atoms with van der Waals surface area (Å²) in [5.41, 5.74) is 2.34. The van der Waals surface area contributed by atoms with Crippen molar-refractivity contribution in [3.63, 3.8) is 0 Å². The van der Waals surface area contributed by atoms with Crippen molar-refractivity contribution in [3.05, 3.63) is 53.4 Å². The van der Waals surface area contributed by atoms with Gasteiger partial charge >= 0.3 is 0 Å². The van der Waals surface area contributed by atoms with Crippen molar-refractivity contribution in [2.24, 2.45) is 0 Å². The molecular formula is C19H22N4S. The Kier molecular flexibility index (Phi) is 4.45. The van der Waals surface area contributed by atoms with E-state index in [1.807, 2.05) is 29.9 Å². The highest BCUT2D eigenvalue weighted by atomic mass is 32.1. The summed E-state index contributed by atoms with van der Waals surface area (Å²) in [5.74, 6) is 0. The first kappa shape index (κ1) is 15.5. The van der Waals surface area contributed by atoms with Crippen LogP contribution in [0.25, 0.3) is 10.1 Å². The van der Waals surface area contributed by atoms with Gasteiger partial charge < -0.3 is 10.2 Å². The molecule has 4 heterocycles. The second kappa shape index (κ2) is 6.87. The predicted octanol–water partition coefficient (Wildman–Crippen LogP) is 4.14. The number of thiophene rings is 1. The highest BCUT2D eigenvalue weighted by molar-refractivity contribution is 7.19. The fourth-order valence-corrected chi connectivity index (χ4v) is 4.22. The molecule has 0 spiro atoms. The average Bonchev–Trinajstić information content (AvgIpc) is 3.29. The lowest BCUT2D eigenvalue weighted by atomic mass is 10.2. The summed E-state index contributed by atoms with van der Waals surface area (Å²) < 4.78 is 1.24. The van der Waals surface area contributed by atoms with Gasteiger partial charge in [-0.2, -0.15) is 0 Å². The zero-order chi connectivity index (χ0) is 16.4. The van der Waals surface area contributed by atoms with E-state index < -0.39 is 0 Å². The first-order valence-electron chi connectivity index (χ1n) is 8.56. The largest absolute Gasteiger partial charge is 0.370 e. The summed E-state index contributed by atoms with van der Waals surface area (Å²) >= 11 is 1.81. The van der Waals surface area contributed by atoms with Crippen LogP contribution in [0.15, 0.2) is 42.9 Å². The van der Waals surface area contributed by atoms with Gasteiger partial charge in [0.1, 0.15) is 0 Å². The first-order valence-corrected chi connectivity index (χ1v) is 9.38. The standard InChI is InChI=1S/C19H22N4S/c1-14(18-10-15-6-7-20-13-19(15)24-18)21-11-16-4-5-17(12-22-16)23-8-2-3-9-23/h4-7,10,12-14,21H,2-3,8-9,11H2,1H3. The molecule has 3 aromatic heterocycles. The third-order valence-electron chi connectivity index (χ3n) is 4.64. The lowest BCUT2D eigenvalue weighted by molar-refractivity contribution is 0.576. The smallest absolute Gasteiger partial charge is 0.0552 e. The molecular weight excluding hydrogens is 316 g/mol. The van der Waals surface area contributed by atoms with Crippen LogP contribution in [0.5, 0.6) is 0 Å². The van der Waals surface area contributed by atoms with Crippen LogP contribution in [-0.2, 0) is 6.54 Å². The maximum Gasteiger partial charge on any atom is 0.0552 e. The number of aromatic nitrogens is 2. The van der Waals surface area contributed by atoms with E-state index in [0.717, 1.165) is 25.3 Å². The molecule has 4 rings (SSSR count). The van der Waals surface area contributed by atoms with E-state index in [0.29, 0.717) is 6.04 Å². The zero-order valence-corrected chi connectivity index (χ0v) is 14.7. The van der Waals surface area contributed by atoms with Gasteiger partial charge in [0.2, 0.25) is 0 Å². The van der Waals surface area contributed by atoms with Crippen LogP contribution in [0.3, 0.4) is 0 Å². The maximum atomic E-state index is 4.62. The molecule has 0 saturated carbocycles. The number of fused-ring (bicyclic) bond motifs is 1. The number of rotatable bonds is 5. The van der Waals surface area contributed by atoms with Crippen molar-refractivity contribution in [3.8, 4) is 0 Å². The number of nitrogens with one attached hydrogen (secondary N) is 1. The number of hydrogen-bond donors (Lipinski definition) is 1. The van der Waals surface area contributed by atoms with Crippen molar-refractivity contribution < 1.29 is 0 Å². The van der Waals surface area contributed by atoms with Crippen molar-refractivity contribution in [2.75, 3.05) is 18.0 Å². The zero-order valence-electron chi connectivity index (χ0n) is 13.9. The van der Waals surface area contributed by atoms with E-state index in [4.69, 9.17) is 0 Å². The Morgan fingerprint density at radius 1 is 1.21 bits per heavy atom. The number of hydrogen-bond acceptors (Lipinski definition) is 5. The SMILES string of the molecule is CC(NCc1ccc(N2CCCC2)cn1)c1cc2ccncc2s1. The molecule has 0 bridgehead atoms. The van der Waals surface area contributed by atoms with E-state index in [-0.39, 0.29) is 0 Å². The normalized spacial score (nSPS) is 16.0. The molecule has 0 aromatic carbocycles. The van der Waals surface area contributed by atoms with Crippen LogP contribution in [0, 0.1) is 0 Å². The van der Waals surface area contributed by atoms with Gasteiger partial charge in [0.25, 0.3) is 0 Å². The molecule has 1 unspecified atom stereocenters. The van der Waals surface area contributed by atoms with Crippen molar-refractivity contribution in [1.82, 2.24) is 15.3 Å². The number of nitrogens with zero attached hydrogens (tertiary/aromatic N) is 3. The van der Waals surface area contributed by atoms with E-state index in [9.17, 15) is 0 Å². The monoisotopic (exact) mass is 338 g/mol. The second-order valence-electron chi connectivity index (χ2n) is 6.37. The molecule has 1 N–H and O–H groups in total. The lowest BCUT2D eigenvalue weighted by Crippen LogP contribution is -2.19. The molecule has 1 saturated heterocycles. The van der Waals surface area contributed by atoms with Crippen molar-refractivity contribution >= 4 is 27.1 Å². The van der Waals surface area contributed by atoms with Crippen LogP contribution in [0.1, 0.15) is 36.4 Å². The van der Waals surface area contributed by atoms with Gasteiger partial charge in [0, 0.05) is 42.9 Å². The van der Waals surface area contributed by atoms with E-state index in [2.05, 4.69) is 51.4 Å². The van der Waals surface area contributed by atoms with Crippen molar-refractivity contribution in [1.29, 1.82) is 0 Å². The minimum absolute atomic E-state index is 0.308. The van der Waals surface area contributed by atoms with Gasteiger partial charge in [-0.1, -0.05) is 0 Å². The number of anilines is 1. The van der Waals surface area contributed by atoms with Crippen LogP contribution >= 0.6 is 11.3 Å². The van der Waals surface area contributed by atoms with E-state index in [1.165, 1.54) is 33.5 Å². The molecule has 1 aliphatic rings. The summed E-state index contributed by atoms with van der Waals surface area (Å²) in [6.07, 6.45) is 8.40. The molecule has 24 heavy (non-hydrogen) atoms. The first-order chi connectivity index (χ1) is 11.8. The minimum atomic E-state index is 0.308. The topological polar surface area (TPSA) is 41.0 Å². The second-order valence-corrected chi connectivity index (χ2v) is 7.48. The van der Waals surface area contributed by atoms with E-state index >= 15 is 0 Å². The fourth-order valence-electron chi connectivity index (χ4n) is 3.16. The molecule has 1 fully saturated rings. The highest BCUT2D eigenvalue weighted by Gasteiger charge is 2.13. The Bertz CT molecular complexity index is 773. The lowest BCUT2D eigenvalue weighted by Gasteiger charge is -2.17. The van der Waals surface area contributed by atoms with Gasteiger partial charge in [-0.3, -0.25) is 9.97 Å². The van der Waals surface area contributed by atoms with Crippen LogP contribution in [0.2, 0.25) is 0 Å². The Labute approximate surface area is 146 Å². The Hall–Kier alpha value is -1.98. The third-order valence-corrected chi connectivity index (χ3v) is 5.91. The average molecular weight is 338 g/mol. The third kappa shape index (κ3) is 3.28. The van der Waals surface area contributed by atoms with Crippen LogP contribution in [0.4, 0.5) is 5.69 Å². The van der Waals surface area contributed by atoms with Crippen LogP contribution in [-0.4, -0.2) is 23.1 Å². The van der Waals surface area contributed by atoms with Gasteiger partial charge in [-0.25, -0.2) is 0 Å². The highest BCUT2D eigenvalue weighted by Crippen LogP contribution is 2.29. The summed E-state index contributed by atoms with van der Waals surface area (Å²) in [6.45, 7) is 5.32. The summed E-state index contributed by atoms with van der Waals surface area (Å²) in [7, 11) is 0. The summed E-state index contributed by atoms with van der Waals surface area (Å²) in [5, 5.41) is 4.85. The van der Waals surface area contributed by atoms with Gasteiger partial charge in [-0.05, 0) is 49.4 Å². The molecule has 0 amide bonds. The molecule has 0 radical (unpaired) electrons. The molecule has 1 atom stereocenters. The van der Waals surface area contributed by atoms with Gasteiger partial charge in [0.05, 0.1) is 22.3 Å². The molecule has 0 aliphatic carbocycles. The molecule has 3 aromatic rings. The van der Waals surface area contributed by atoms with E-state index in [1.54, 1.807) is 0 Å². The van der Waals surface area contributed by atoms with Gasteiger partial charge in [0.15, 0.2) is 0 Å². The fraction of sp³-hybridized carbons (Fsp3) is 0.368. The molecule has 1 aliphatic heterocycles. The Morgan fingerprint density at radius 3 is 2.83 bits per heavy atom. The Morgan fingerprint density at radius 2 is 2.08 bits per heavy atom. The summed E-state index contributed by atoms with van der Waals surface area (Å²) in [4.78, 5) is 12.6. The predicted molar refractivity (Wildman–Crippen MR) is 101 cm³/mol. The minimum Gasteiger partial charge on any atom is -0.370 e.